The molecule has 3 nitrogen and oxygen atoms in total. The standard InChI is InChI=1S/C10H10ClN3/c1-8-10(3-2-5-12-8)14-6-4-9(7-11)13-14/h2-6H,7H2,1H3. The molecule has 0 unspecified atom stereocenters. The average molecular weight is 208 g/mol. The molecule has 0 aliphatic rings. The zero-order valence-electron chi connectivity index (χ0n) is 7.81. The fraction of sp³-hybridized carbons (Fsp3) is 0.200. The van der Waals surface area contributed by atoms with Gasteiger partial charge in [-0.2, -0.15) is 5.10 Å². The third kappa shape index (κ3) is 1.63. The quantitative estimate of drug-likeness (QED) is 0.708. The number of alkyl halides is 1. The summed E-state index contributed by atoms with van der Waals surface area (Å²) in [5.74, 6) is 0.437. The topological polar surface area (TPSA) is 30.7 Å². The maximum atomic E-state index is 5.68. The number of halogens is 1. The van der Waals surface area contributed by atoms with Crippen molar-refractivity contribution >= 4 is 11.6 Å². The van der Waals surface area contributed by atoms with Crippen molar-refractivity contribution in [2.24, 2.45) is 0 Å². The molecule has 0 fully saturated rings. The van der Waals surface area contributed by atoms with Gasteiger partial charge in [0.15, 0.2) is 0 Å². The molecule has 2 aromatic heterocycles. The highest BCUT2D eigenvalue weighted by molar-refractivity contribution is 6.16. The Bertz CT molecular complexity index is 436. The summed E-state index contributed by atoms with van der Waals surface area (Å²) in [4.78, 5) is 4.20. The van der Waals surface area contributed by atoms with E-state index in [9.17, 15) is 0 Å². The predicted molar refractivity (Wildman–Crippen MR) is 55.7 cm³/mol. The number of pyridine rings is 1. The monoisotopic (exact) mass is 207 g/mol. The first-order valence-corrected chi connectivity index (χ1v) is 4.87. The van der Waals surface area contributed by atoms with Crippen molar-refractivity contribution < 1.29 is 0 Å². The molecular weight excluding hydrogens is 198 g/mol. The van der Waals surface area contributed by atoms with Crippen molar-refractivity contribution in [1.29, 1.82) is 0 Å². The SMILES string of the molecule is Cc1ncccc1-n1ccc(CCl)n1. The van der Waals surface area contributed by atoms with Gasteiger partial charge in [0.25, 0.3) is 0 Å². The van der Waals surface area contributed by atoms with E-state index in [2.05, 4.69) is 10.1 Å². The summed E-state index contributed by atoms with van der Waals surface area (Å²) in [6.07, 6.45) is 3.66. The van der Waals surface area contributed by atoms with Gasteiger partial charge in [-0.3, -0.25) is 4.98 Å². The minimum absolute atomic E-state index is 0.437. The summed E-state index contributed by atoms with van der Waals surface area (Å²) < 4.78 is 1.79. The van der Waals surface area contributed by atoms with E-state index in [0.717, 1.165) is 17.1 Å². The molecule has 0 aromatic carbocycles. The van der Waals surface area contributed by atoms with Crippen molar-refractivity contribution in [2.45, 2.75) is 12.8 Å². The summed E-state index contributed by atoms with van der Waals surface area (Å²) >= 11 is 5.68. The molecule has 0 amide bonds. The van der Waals surface area contributed by atoms with Crippen LogP contribution in [0.3, 0.4) is 0 Å². The zero-order chi connectivity index (χ0) is 9.97. The molecule has 0 aliphatic carbocycles. The number of hydrogen-bond donors (Lipinski definition) is 0. The Morgan fingerprint density at radius 3 is 2.93 bits per heavy atom. The Morgan fingerprint density at radius 1 is 1.43 bits per heavy atom. The van der Waals surface area contributed by atoms with Gasteiger partial charge in [-0.15, -0.1) is 11.6 Å². The third-order valence-corrected chi connectivity index (χ3v) is 2.28. The minimum Gasteiger partial charge on any atom is -0.259 e. The average Bonchev–Trinajstić information content (AvgIpc) is 2.67. The van der Waals surface area contributed by atoms with Crippen molar-refractivity contribution in [3.05, 3.63) is 42.0 Å². The Morgan fingerprint density at radius 2 is 2.29 bits per heavy atom. The van der Waals surface area contributed by atoms with E-state index in [4.69, 9.17) is 11.6 Å². The smallest absolute Gasteiger partial charge is 0.0858 e. The van der Waals surface area contributed by atoms with Crippen LogP contribution in [0.25, 0.3) is 5.69 Å². The minimum atomic E-state index is 0.437. The molecule has 0 radical (unpaired) electrons. The fourth-order valence-corrected chi connectivity index (χ4v) is 1.43. The second-order valence-electron chi connectivity index (χ2n) is 2.99. The lowest BCUT2D eigenvalue weighted by molar-refractivity contribution is 0.843. The Labute approximate surface area is 87.3 Å². The lowest BCUT2D eigenvalue weighted by Gasteiger charge is -2.03. The van der Waals surface area contributed by atoms with Crippen LogP contribution in [0, 0.1) is 6.92 Å². The molecular formula is C10H10ClN3. The van der Waals surface area contributed by atoms with Crippen LogP contribution in [0.2, 0.25) is 0 Å². The number of rotatable bonds is 2. The Hall–Kier alpha value is -1.35. The first-order chi connectivity index (χ1) is 6.81. The van der Waals surface area contributed by atoms with E-state index in [1.165, 1.54) is 0 Å². The molecule has 0 saturated carbocycles. The third-order valence-electron chi connectivity index (χ3n) is 2.01. The van der Waals surface area contributed by atoms with Gasteiger partial charge in [0, 0.05) is 12.4 Å². The van der Waals surface area contributed by atoms with Crippen LogP contribution in [0.1, 0.15) is 11.4 Å². The first-order valence-electron chi connectivity index (χ1n) is 4.34. The molecule has 4 heteroatoms. The van der Waals surface area contributed by atoms with Gasteiger partial charge in [-0.05, 0) is 25.1 Å². The highest BCUT2D eigenvalue weighted by atomic mass is 35.5. The van der Waals surface area contributed by atoms with Gasteiger partial charge in [0.05, 0.1) is 23.0 Å². The first kappa shape index (κ1) is 9.21. The molecule has 0 saturated heterocycles. The van der Waals surface area contributed by atoms with Gasteiger partial charge in [0.2, 0.25) is 0 Å². The van der Waals surface area contributed by atoms with Crippen molar-refractivity contribution in [3.8, 4) is 5.69 Å². The molecule has 2 aromatic rings. The van der Waals surface area contributed by atoms with E-state index >= 15 is 0 Å². The molecule has 0 bridgehead atoms. The number of aromatic nitrogens is 3. The molecule has 0 spiro atoms. The van der Waals surface area contributed by atoms with Crippen LogP contribution in [0.5, 0.6) is 0 Å². The van der Waals surface area contributed by atoms with Gasteiger partial charge < -0.3 is 0 Å². The number of nitrogens with zero attached hydrogens (tertiary/aromatic N) is 3. The molecule has 2 rings (SSSR count). The van der Waals surface area contributed by atoms with Crippen molar-refractivity contribution in [3.63, 3.8) is 0 Å². The molecule has 72 valence electrons. The van der Waals surface area contributed by atoms with Gasteiger partial charge in [-0.25, -0.2) is 4.68 Å². The second-order valence-corrected chi connectivity index (χ2v) is 3.26. The highest BCUT2D eigenvalue weighted by Crippen LogP contribution is 2.10. The number of hydrogen-bond acceptors (Lipinski definition) is 2. The van der Waals surface area contributed by atoms with Crippen LogP contribution >= 0.6 is 11.6 Å². The second kappa shape index (κ2) is 3.80. The zero-order valence-corrected chi connectivity index (χ0v) is 8.57. The summed E-state index contributed by atoms with van der Waals surface area (Å²) in [6, 6.07) is 5.77. The number of aryl methyl sites for hydroxylation is 1. The Balaban J connectivity index is 2.44. The lowest BCUT2D eigenvalue weighted by atomic mass is 10.3. The highest BCUT2D eigenvalue weighted by Gasteiger charge is 2.02. The molecule has 2 heterocycles. The molecule has 0 aliphatic heterocycles. The van der Waals surface area contributed by atoms with E-state index in [0.29, 0.717) is 5.88 Å². The van der Waals surface area contributed by atoms with Crippen LogP contribution in [-0.2, 0) is 5.88 Å². The largest absolute Gasteiger partial charge is 0.259 e. The van der Waals surface area contributed by atoms with E-state index < -0.39 is 0 Å². The predicted octanol–water partition coefficient (Wildman–Crippen LogP) is 2.31. The summed E-state index contributed by atoms with van der Waals surface area (Å²) in [6.45, 7) is 1.96. The lowest BCUT2D eigenvalue weighted by Crippen LogP contribution is -1.99. The van der Waals surface area contributed by atoms with Crippen LogP contribution in [-0.4, -0.2) is 14.8 Å². The fourth-order valence-electron chi connectivity index (χ4n) is 1.29. The molecule has 0 N–H and O–H groups in total. The van der Waals surface area contributed by atoms with Crippen LogP contribution in [0.15, 0.2) is 30.6 Å². The van der Waals surface area contributed by atoms with E-state index in [-0.39, 0.29) is 0 Å². The summed E-state index contributed by atoms with van der Waals surface area (Å²) in [7, 11) is 0. The molecule has 14 heavy (non-hydrogen) atoms. The normalized spacial score (nSPS) is 10.4. The maximum absolute atomic E-state index is 5.68. The van der Waals surface area contributed by atoms with Gasteiger partial charge >= 0.3 is 0 Å². The Kier molecular flexibility index (Phi) is 2.50. The van der Waals surface area contributed by atoms with E-state index in [1.54, 1.807) is 10.9 Å². The maximum Gasteiger partial charge on any atom is 0.0858 e. The van der Waals surface area contributed by atoms with Gasteiger partial charge in [-0.1, -0.05) is 0 Å². The summed E-state index contributed by atoms with van der Waals surface area (Å²) in [5.41, 5.74) is 2.82. The summed E-state index contributed by atoms with van der Waals surface area (Å²) in [5, 5.41) is 4.30. The van der Waals surface area contributed by atoms with Crippen molar-refractivity contribution in [1.82, 2.24) is 14.8 Å². The van der Waals surface area contributed by atoms with Crippen LogP contribution < -0.4 is 0 Å². The van der Waals surface area contributed by atoms with Crippen molar-refractivity contribution in [2.75, 3.05) is 0 Å². The van der Waals surface area contributed by atoms with Crippen LogP contribution in [0.4, 0.5) is 0 Å². The van der Waals surface area contributed by atoms with Gasteiger partial charge in [0.1, 0.15) is 0 Å². The molecule has 0 atom stereocenters. The van der Waals surface area contributed by atoms with E-state index in [1.807, 2.05) is 31.3 Å².